The van der Waals surface area contributed by atoms with Crippen molar-refractivity contribution in [2.45, 2.75) is 33.8 Å². The summed E-state index contributed by atoms with van der Waals surface area (Å²) in [5, 5.41) is 2.13. The summed E-state index contributed by atoms with van der Waals surface area (Å²) >= 11 is 0. The third kappa shape index (κ3) is 6.24. The first-order valence-corrected chi connectivity index (χ1v) is 10.6. The van der Waals surface area contributed by atoms with Crippen LogP contribution in [-0.2, 0) is 20.9 Å². The van der Waals surface area contributed by atoms with Crippen LogP contribution in [0.1, 0.15) is 53.5 Å². The highest BCUT2D eigenvalue weighted by atomic mass is 16.5. The molecule has 1 heterocycles. The van der Waals surface area contributed by atoms with E-state index in [0.29, 0.717) is 13.2 Å². The zero-order valence-corrected chi connectivity index (χ0v) is 18.6. The summed E-state index contributed by atoms with van der Waals surface area (Å²) in [7, 11) is 0. The first kappa shape index (κ1) is 24.7. The van der Waals surface area contributed by atoms with Crippen LogP contribution in [-0.4, -0.2) is 48.3 Å². The fourth-order valence-electron chi connectivity index (χ4n) is 2.97. The van der Waals surface area contributed by atoms with Gasteiger partial charge in [-0.1, -0.05) is 57.2 Å². The van der Waals surface area contributed by atoms with Gasteiger partial charge in [0.05, 0.1) is 24.3 Å². The number of amides is 4. The third-order valence-corrected chi connectivity index (χ3v) is 4.46. The molecule has 0 atom stereocenters. The monoisotopic (exact) mass is 440 g/mol. The maximum atomic E-state index is 12.7. The van der Waals surface area contributed by atoms with Crippen molar-refractivity contribution in [2.24, 2.45) is 0 Å². The maximum absolute atomic E-state index is 12.7. The van der Waals surface area contributed by atoms with Crippen LogP contribution in [0.5, 0.6) is 5.75 Å². The summed E-state index contributed by atoms with van der Waals surface area (Å²) in [5.41, 5.74) is 1.31. The summed E-state index contributed by atoms with van der Waals surface area (Å²) in [4.78, 5) is 49.3. The Hall–Kier alpha value is -3.52. The van der Waals surface area contributed by atoms with Crippen molar-refractivity contribution in [2.75, 3.05) is 19.8 Å². The molecule has 1 aliphatic heterocycles. The molecule has 170 valence electrons. The molecule has 0 unspecified atom stereocenters. The predicted molar refractivity (Wildman–Crippen MR) is 118 cm³/mol. The van der Waals surface area contributed by atoms with Gasteiger partial charge in [0.2, 0.25) is 11.8 Å². The van der Waals surface area contributed by atoms with E-state index in [4.69, 9.17) is 9.47 Å². The number of hydrogen-bond acceptors (Lipinski definition) is 6. The van der Waals surface area contributed by atoms with Gasteiger partial charge >= 0.3 is 0 Å². The average molecular weight is 440 g/mol. The van der Waals surface area contributed by atoms with E-state index in [1.807, 2.05) is 44.2 Å². The molecule has 2 aromatic carbocycles. The normalized spacial score (nSPS) is 12.0. The number of imide groups is 2. The molecule has 0 saturated carbocycles. The Morgan fingerprint density at radius 1 is 0.906 bits per heavy atom. The molecule has 1 N–H and O–H groups in total. The van der Waals surface area contributed by atoms with E-state index >= 15 is 0 Å². The number of benzene rings is 2. The van der Waals surface area contributed by atoms with E-state index in [-0.39, 0.29) is 29.9 Å². The Morgan fingerprint density at radius 2 is 1.62 bits per heavy atom. The Morgan fingerprint density at radius 3 is 2.31 bits per heavy atom. The molecule has 0 bridgehead atoms. The van der Waals surface area contributed by atoms with Gasteiger partial charge in [0.1, 0.15) is 18.9 Å². The number of nitrogens with zero attached hydrogens (tertiary/aromatic N) is 1. The second-order valence-electron chi connectivity index (χ2n) is 6.59. The lowest BCUT2D eigenvalue weighted by Crippen LogP contribution is -2.42. The zero-order valence-electron chi connectivity index (χ0n) is 18.6. The molecule has 0 aromatic heterocycles. The Labute approximate surface area is 187 Å². The molecular formula is C24H28N2O6. The van der Waals surface area contributed by atoms with Gasteiger partial charge in [-0.15, -0.1) is 0 Å². The molecule has 8 heteroatoms. The van der Waals surface area contributed by atoms with Crippen LogP contribution >= 0.6 is 0 Å². The van der Waals surface area contributed by atoms with Gasteiger partial charge in [-0.3, -0.25) is 29.4 Å². The quantitative estimate of drug-likeness (QED) is 0.475. The second kappa shape index (κ2) is 12.4. The fourth-order valence-corrected chi connectivity index (χ4v) is 2.97. The van der Waals surface area contributed by atoms with Crippen LogP contribution in [0.15, 0.2) is 48.5 Å². The van der Waals surface area contributed by atoms with Crippen molar-refractivity contribution in [1.82, 2.24) is 10.2 Å². The summed E-state index contributed by atoms with van der Waals surface area (Å²) in [6.45, 7) is 5.99. The fraction of sp³-hybridized carbons (Fsp3) is 0.333. The topological polar surface area (TPSA) is 102 Å². The number of fused-ring (bicyclic) bond motifs is 1. The van der Waals surface area contributed by atoms with Crippen LogP contribution in [0.25, 0.3) is 0 Å². The second-order valence-corrected chi connectivity index (χ2v) is 6.59. The van der Waals surface area contributed by atoms with Gasteiger partial charge in [0, 0.05) is 6.42 Å². The standard InChI is InChI=1S/C22H22N2O6.C2H6/c1-2-18(25)23-19(26)13-24-21(27)16-9-6-10-17(20(16)22(24)28)30-12-11-29-14-15-7-4-3-5-8-15;1-2/h3-10H,2,11-14H2,1H3,(H,23,25,26);1-2H3. The smallest absolute Gasteiger partial charge is 0.265 e. The van der Waals surface area contributed by atoms with Crippen LogP contribution in [0.3, 0.4) is 0 Å². The van der Waals surface area contributed by atoms with Crippen molar-refractivity contribution >= 4 is 23.6 Å². The Balaban J connectivity index is 0.00000176. The van der Waals surface area contributed by atoms with E-state index in [2.05, 4.69) is 5.32 Å². The number of nitrogens with one attached hydrogen (secondary N) is 1. The molecule has 4 amide bonds. The van der Waals surface area contributed by atoms with Crippen LogP contribution in [0.4, 0.5) is 0 Å². The van der Waals surface area contributed by atoms with Gasteiger partial charge < -0.3 is 9.47 Å². The molecule has 0 fully saturated rings. The molecule has 32 heavy (non-hydrogen) atoms. The first-order chi connectivity index (χ1) is 15.5. The number of carbonyl (C=O) groups is 4. The first-order valence-electron chi connectivity index (χ1n) is 10.6. The van der Waals surface area contributed by atoms with Crippen molar-refractivity contribution in [3.63, 3.8) is 0 Å². The van der Waals surface area contributed by atoms with Gasteiger partial charge in [0.25, 0.3) is 11.8 Å². The van der Waals surface area contributed by atoms with Gasteiger partial charge in [-0.2, -0.15) is 0 Å². The molecule has 0 radical (unpaired) electrons. The lowest BCUT2D eigenvalue weighted by atomic mass is 10.1. The van der Waals surface area contributed by atoms with Crippen LogP contribution in [0.2, 0.25) is 0 Å². The number of ether oxygens (including phenoxy) is 2. The van der Waals surface area contributed by atoms with Crippen molar-refractivity contribution < 1.29 is 28.7 Å². The number of carbonyl (C=O) groups excluding carboxylic acids is 4. The lowest BCUT2D eigenvalue weighted by Gasteiger charge is -2.13. The van der Waals surface area contributed by atoms with Gasteiger partial charge in [-0.05, 0) is 17.7 Å². The number of hydrogen-bond donors (Lipinski definition) is 1. The van der Waals surface area contributed by atoms with Gasteiger partial charge in [0.15, 0.2) is 0 Å². The van der Waals surface area contributed by atoms with E-state index in [0.717, 1.165) is 10.5 Å². The molecule has 3 rings (SSSR count). The minimum absolute atomic E-state index is 0.111. The van der Waals surface area contributed by atoms with Crippen LogP contribution in [0, 0.1) is 0 Å². The van der Waals surface area contributed by atoms with Crippen molar-refractivity contribution in [3.8, 4) is 5.75 Å². The van der Waals surface area contributed by atoms with Crippen molar-refractivity contribution in [1.29, 1.82) is 0 Å². The van der Waals surface area contributed by atoms with E-state index < -0.39 is 30.2 Å². The number of rotatable bonds is 9. The predicted octanol–water partition coefficient (Wildman–Crippen LogP) is 2.96. The summed E-state index contributed by atoms with van der Waals surface area (Å²) in [5.74, 6) is -2.17. The molecule has 1 aliphatic rings. The molecule has 2 aromatic rings. The van der Waals surface area contributed by atoms with E-state index in [1.54, 1.807) is 19.1 Å². The van der Waals surface area contributed by atoms with E-state index in [1.165, 1.54) is 6.07 Å². The molecular weight excluding hydrogens is 412 g/mol. The summed E-state index contributed by atoms with van der Waals surface area (Å²) in [6, 6.07) is 14.4. The Bertz CT molecular complexity index is 958. The lowest BCUT2D eigenvalue weighted by molar-refractivity contribution is -0.130. The SMILES string of the molecule is CC.CCC(=O)NC(=O)CN1C(=O)c2cccc(OCCOCc3ccccc3)c2C1=O. The highest BCUT2D eigenvalue weighted by Crippen LogP contribution is 2.30. The highest BCUT2D eigenvalue weighted by molar-refractivity contribution is 6.23. The molecule has 8 nitrogen and oxygen atoms in total. The molecule has 0 saturated heterocycles. The largest absolute Gasteiger partial charge is 0.490 e. The minimum atomic E-state index is -0.715. The summed E-state index contributed by atoms with van der Waals surface area (Å²) < 4.78 is 11.2. The van der Waals surface area contributed by atoms with Crippen LogP contribution < -0.4 is 10.1 Å². The van der Waals surface area contributed by atoms with Gasteiger partial charge in [-0.25, -0.2) is 0 Å². The third-order valence-electron chi connectivity index (χ3n) is 4.46. The van der Waals surface area contributed by atoms with E-state index in [9.17, 15) is 19.2 Å². The zero-order chi connectivity index (χ0) is 23.5. The molecule has 0 spiro atoms. The highest BCUT2D eigenvalue weighted by Gasteiger charge is 2.39. The molecule has 0 aliphatic carbocycles. The maximum Gasteiger partial charge on any atom is 0.265 e. The Kier molecular flexibility index (Phi) is 9.56. The average Bonchev–Trinajstić information content (AvgIpc) is 3.06. The van der Waals surface area contributed by atoms with Crippen molar-refractivity contribution in [3.05, 3.63) is 65.2 Å². The summed E-state index contributed by atoms with van der Waals surface area (Å²) in [6.07, 6.45) is 0.123. The minimum Gasteiger partial charge on any atom is -0.490 e.